The molecular formula is C15H29N3O. The predicted octanol–water partition coefficient (Wildman–Crippen LogP) is 1.32. The molecule has 0 saturated carbocycles. The molecule has 1 unspecified atom stereocenters. The van der Waals surface area contributed by atoms with E-state index in [0.29, 0.717) is 11.9 Å². The smallest absolute Gasteiger partial charge is 0.222 e. The summed E-state index contributed by atoms with van der Waals surface area (Å²) < 4.78 is 0. The number of nitrogens with one attached hydrogen (secondary N) is 1. The van der Waals surface area contributed by atoms with Crippen LogP contribution in [-0.2, 0) is 4.79 Å². The number of carbonyl (C=O) groups is 1. The molecule has 0 aromatic rings. The van der Waals surface area contributed by atoms with Gasteiger partial charge in [-0.2, -0.15) is 0 Å². The molecule has 2 aliphatic heterocycles. The molecule has 0 aromatic heterocycles. The molecule has 4 nitrogen and oxygen atoms in total. The van der Waals surface area contributed by atoms with Gasteiger partial charge in [0, 0.05) is 25.6 Å². The molecule has 2 heterocycles. The minimum Gasteiger partial charge on any atom is -0.338 e. The fourth-order valence-electron chi connectivity index (χ4n) is 3.42. The Bertz CT molecular complexity index is 287. The standard InChI is InChI=1S/C15H29N3O/c1-17(2)12-14-4-3-11-18(14)15(19)6-5-13-7-9-16-10-8-13/h13-14,16H,3-12H2,1-2H3. The Balaban J connectivity index is 1.75. The molecule has 0 bridgehead atoms. The summed E-state index contributed by atoms with van der Waals surface area (Å²) >= 11 is 0. The Morgan fingerprint density at radius 1 is 1.26 bits per heavy atom. The minimum atomic E-state index is 0.392. The van der Waals surface area contributed by atoms with Crippen molar-refractivity contribution in [3.8, 4) is 0 Å². The summed E-state index contributed by atoms with van der Waals surface area (Å²) in [5.74, 6) is 1.16. The maximum atomic E-state index is 12.4. The second-order valence-corrected chi connectivity index (χ2v) is 6.38. The first-order valence-corrected chi connectivity index (χ1v) is 7.81. The van der Waals surface area contributed by atoms with Gasteiger partial charge < -0.3 is 15.1 Å². The number of amides is 1. The number of hydrogen-bond donors (Lipinski definition) is 1. The zero-order valence-electron chi connectivity index (χ0n) is 12.5. The van der Waals surface area contributed by atoms with Gasteiger partial charge in [-0.05, 0) is 65.2 Å². The zero-order valence-corrected chi connectivity index (χ0v) is 12.5. The van der Waals surface area contributed by atoms with Gasteiger partial charge in [-0.3, -0.25) is 4.79 Å². The molecule has 2 fully saturated rings. The number of likely N-dealkylation sites (N-methyl/N-ethyl adjacent to an activating group) is 1. The van der Waals surface area contributed by atoms with Crippen LogP contribution in [0.25, 0.3) is 0 Å². The molecule has 0 radical (unpaired) electrons. The highest BCUT2D eigenvalue weighted by Gasteiger charge is 2.29. The minimum absolute atomic E-state index is 0.392. The second kappa shape index (κ2) is 7.25. The summed E-state index contributed by atoms with van der Waals surface area (Å²) in [4.78, 5) is 16.7. The van der Waals surface area contributed by atoms with Crippen LogP contribution in [0.3, 0.4) is 0 Å². The lowest BCUT2D eigenvalue weighted by atomic mass is 9.93. The molecular weight excluding hydrogens is 238 g/mol. The summed E-state index contributed by atoms with van der Waals surface area (Å²) in [5.41, 5.74) is 0. The lowest BCUT2D eigenvalue weighted by Gasteiger charge is -2.28. The van der Waals surface area contributed by atoms with Crippen LogP contribution in [-0.4, -0.2) is 62.0 Å². The van der Waals surface area contributed by atoms with Crippen molar-refractivity contribution >= 4 is 5.91 Å². The lowest BCUT2D eigenvalue weighted by Crippen LogP contribution is -2.41. The van der Waals surface area contributed by atoms with Gasteiger partial charge in [0.15, 0.2) is 0 Å². The third-order valence-electron chi connectivity index (χ3n) is 4.50. The van der Waals surface area contributed by atoms with E-state index < -0.39 is 0 Å². The Morgan fingerprint density at radius 3 is 2.68 bits per heavy atom. The van der Waals surface area contributed by atoms with E-state index in [1.807, 2.05) is 0 Å². The molecule has 2 saturated heterocycles. The first-order valence-electron chi connectivity index (χ1n) is 7.81. The third-order valence-corrected chi connectivity index (χ3v) is 4.50. The highest BCUT2D eigenvalue weighted by atomic mass is 16.2. The first kappa shape index (κ1) is 14.8. The number of hydrogen-bond acceptors (Lipinski definition) is 3. The second-order valence-electron chi connectivity index (χ2n) is 6.38. The monoisotopic (exact) mass is 267 g/mol. The predicted molar refractivity (Wildman–Crippen MR) is 78.1 cm³/mol. The van der Waals surface area contributed by atoms with Crippen LogP contribution in [0, 0.1) is 5.92 Å². The van der Waals surface area contributed by atoms with E-state index >= 15 is 0 Å². The average Bonchev–Trinajstić information content (AvgIpc) is 2.84. The number of piperidine rings is 1. The Hall–Kier alpha value is -0.610. The van der Waals surface area contributed by atoms with Crippen molar-refractivity contribution in [1.82, 2.24) is 15.1 Å². The van der Waals surface area contributed by atoms with Gasteiger partial charge in [-0.15, -0.1) is 0 Å². The van der Waals surface area contributed by atoms with Crippen LogP contribution in [0.5, 0.6) is 0 Å². The van der Waals surface area contributed by atoms with E-state index in [-0.39, 0.29) is 0 Å². The van der Waals surface area contributed by atoms with Crippen LogP contribution in [0.4, 0.5) is 0 Å². The van der Waals surface area contributed by atoms with Gasteiger partial charge in [0.25, 0.3) is 0 Å². The van der Waals surface area contributed by atoms with E-state index in [1.165, 1.54) is 25.7 Å². The van der Waals surface area contributed by atoms with E-state index in [9.17, 15) is 4.79 Å². The van der Waals surface area contributed by atoms with Gasteiger partial charge in [-0.25, -0.2) is 0 Å². The number of likely N-dealkylation sites (tertiary alicyclic amines) is 1. The largest absolute Gasteiger partial charge is 0.338 e. The normalized spacial score (nSPS) is 25.2. The van der Waals surface area contributed by atoms with E-state index in [2.05, 4.69) is 29.2 Å². The fourth-order valence-corrected chi connectivity index (χ4v) is 3.42. The molecule has 19 heavy (non-hydrogen) atoms. The zero-order chi connectivity index (χ0) is 13.7. The molecule has 110 valence electrons. The van der Waals surface area contributed by atoms with E-state index in [1.54, 1.807) is 0 Å². The highest BCUT2D eigenvalue weighted by Crippen LogP contribution is 2.22. The number of carbonyl (C=O) groups excluding carboxylic acids is 1. The maximum absolute atomic E-state index is 12.4. The summed E-state index contributed by atoms with van der Waals surface area (Å²) in [7, 11) is 4.19. The van der Waals surface area contributed by atoms with Gasteiger partial charge in [0.05, 0.1) is 0 Å². The van der Waals surface area contributed by atoms with Crippen molar-refractivity contribution in [2.45, 2.75) is 44.6 Å². The average molecular weight is 267 g/mol. The van der Waals surface area contributed by atoms with Crippen molar-refractivity contribution in [1.29, 1.82) is 0 Å². The van der Waals surface area contributed by atoms with E-state index in [0.717, 1.165) is 44.9 Å². The molecule has 2 rings (SSSR count). The molecule has 1 atom stereocenters. The quantitative estimate of drug-likeness (QED) is 0.816. The van der Waals surface area contributed by atoms with Crippen LogP contribution in [0.2, 0.25) is 0 Å². The van der Waals surface area contributed by atoms with Crippen molar-refractivity contribution in [2.75, 3.05) is 40.3 Å². The van der Waals surface area contributed by atoms with Crippen LogP contribution < -0.4 is 5.32 Å². The van der Waals surface area contributed by atoms with Crippen molar-refractivity contribution in [3.63, 3.8) is 0 Å². The molecule has 0 spiro atoms. The molecule has 4 heteroatoms. The Morgan fingerprint density at radius 2 is 2.00 bits per heavy atom. The van der Waals surface area contributed by atoms with Crippen molar-refractivity contribution < 1.29 is 4.79 Å². The topological polar surface area (TPSA) is 35.6 Å². The summed E-state index contributed by atoms with van der Waals surface area (Å²) in [5, 5.41) is 3.39. The molecule has 1 amide bonds. The van der Waals surface area contributed by atoms with E-state index in [4.69, 9.17) is 0 Å². The Kier molecular flexibility index (Phi) is 5.64. The van der Waals surface area contributed by atoms with Crippen molar-refractivity contribution in [2.24, 2.45) is 5.92 Å². The molecule has 0 aromatic carbocycles. The van der Waals surface area contributed by atoms with Gasteiger partial charge in [0.2, 0.25) is 5.91 Å². The molecule has 0 aliphatic carbocycles. The Labute approximate surface area is 117 Å². The molecule has 2 aliphatic rings. The van der Waals surface area contributed by atoms with Crippen LogP contribution >= 0.6 is 0 Å². The number of rotatable bonds is 5. The summed E-state index contributed by atoms with van der Waals surface area (Å²) in [6, 6.07) is 0.454. The van der Waals surface area contributed by atoms with Crippen LogP contribution in [0.15, 0.2) is 0 Å². The summed E-state index contributed by atoms with van der Waals surface area (Å²) in [6.45, 7) is 4.25. The summed E-state index contributed by atoms with van der Waals surface area (Å²) in [6.07, 6.45) is 6.69. The SMILES string of the molecule is CN(C)CC1CCCN1C(=O)CCC1CCNCC1. The first-order chi connectivity index (χ1) is 9.16. The van der Waals surface area contributed by atoms with Gasteiger partial charge in [0.1, 0.15) is 0 Å². The lowest BCUT2D eigenvalue weighted by molar-refractivity contribution is -0.132. The van der Waals surface area contributed by atoms with Crippen LogP contribution in [0.1, 0.15) is 38.5 Å². The van der Waals surface area contributed by atoms with Crippen molar-refractivity contribution in [3.05, 3.63) is 0 Å². The fraction of sp³-hybridized carbons (Fsp3) is 0.933. The maximum Gasteiger partial charge on any atom is 0.222 e. The van der Waals surface area contributed by atoms with Gasteiger partial charge >= 0.3 is 0 Å². The number of nitrogens with zero attached hydrogens (tertiary/aromatic N) is 2. The van der Waals surface area contributed by atoms with Gasteiger partial charge in [-0.1, -0.05) is 0 Å². The third kappa shape index (κ3) is 4.46. The highest BCUT2D eigenvalue weighted by molar-refractivity contribution is 5.76. The molecule has 1 N–H and O–H groups in total.